The van der Waals surface area contributed by atoms with Crippen molar-refractivity contribution >= 4 is 23.6 Å². The summed E-state index contributed by atoms with van der Waals surface area (Å²) in [6, 6.07) is 9.79. The van der Waals surface area contributed by atoms with Gasteiger partial charge in [-0.2, -0.15) is 5.10 Å². The molecule has 0 saturated carbocycles. The Labute approximate surface area is 79.1 Å². The predicted octanol–water partition coefficient (Wildman–Crippen LogP) is 2.46. The number of hydrogen-bond acceptors (Lipinski definition) is 3. The Morgan fingerprint density at radius 2 is 2.08 bits per heavy atom. The lowest BCUT2D eigenvalue weighted by molar-refractivity contribution is 0.867. The van der Waals surface area contributed by atoms with Gasteiger partial charge in [-0.05, 0) is 24.4 Å². The van der Waals surface area contributed by atoms with Gasteiger partial charge in [0.25, 0.3) is 0 Å². The fourth-order valence-electron chi connectivity index (χ4n) is 0.917. The highest BCUT2D eigenvalue weighted by Crippen LogP contribution is 2.08. The third kappa shape index (κ3) is 1.31. The van der Waals surface area contributed by atoms with E-state index in [1.165, 1.54) is 11.3 Å². The monoisotopic (exact) mass is 193 g/mol. The van der Waals surface area contributed by atoms with Crippen LogP contribution in [0.4, 0.5) is 0 Å². The van der Waals surface area contributed by atoms with Crippen molar-refractivity contribution in [1.82, 2.24) is 9.78 Å². The van der Waals surface area contributed by atoms with Crippen molar-refractivity contribution in [1.29, 1.82) is 0 Å². The molecule has 0 atom stereocenters. The standard InChI is InChI=1S/C8H5N2S2/c11-8-10(9-6-12-8)7-4-2-1-3-5-7/h1-5H. The third-order valence-corrected chi connectivity index (χ3v) is 2.39. The molecule has 1 heterocycles. The topological polar surface area (TPSA) is 17.8 Å². The Morgan fingerprint density at radius 1 is 1.33 bits per heavy atom. The zero-order chi connectivity index (χ0) is 8.39. The van der Waals surface area contributed by atoms with Gasteiger partial charge in [0, 0.05) is 0 Å². The molecule has 0 spiro atoms. The number of rotatable bonds is 1. The first-order valence-electron chi connectivity index (χ1n) is 3.39. The first kappa shape index (κ1) is 7.64. The first-order chi connectivity index (χ1) is 5.88. The second kappa shape index (κ2) is 3.16. The highest BCUT2D eigenvalue weighted by molar-refractivity contribution is 7.73. The molecule has 2 rings (SSSR count). The van der Waals surface area contributed by atoms with Crippen LogP contribution in [0, 0.1) is 9.46 Å². The summed E-state index contributed by atoms with van der Waals surface area (Å²) in [5, 5.41) is 3.99. The maximum atomic E-state index is 5.06. The molecule has 4 heteroatoms. The minimum absolute atomic E-state index is 0.723. The van der Waals surface area contributed by atoms with Crippen LogP contribution in [0.3, 0.4) is 0 Å². The molecule has 0 aliphatic carbocycles. The smallest absolute Gasteiger partial charge is 0.184 e. The molecule has 0 N–H and O–H groups in total. The molecule has 59 valence electrons. The van der Waals surface area contributed by atoms with E-state index in [4.69, 9.17) is 12.2 Å². The summed E-state index contributed by atoms with van der Waals surface area (Å²) in [5.74, 6) is 0. The molecular weight excluding hydrogens is 188 g/mol. The quantitative estimate of drug-likeness (QED) is 0.647. The van der Waals surface area contributed by atoms with Crippen LogP contribution in [0.2, 0.25) is 0 Å². The molecule has 0 fully saturated rings. The number of benzene rings is 1. The van der Waals surface area contributed by atoms with Crippen LogP contribution in [0.25, 0.3) is 5.69 Å². The van der Waals surface area contributed by atoms with Gasteiger partial charge in [0.2, 0.25) is 0 Å². The van der Waals surface area contributed by atoms with Crippen molar-refractivity contribution in [3.63, 3.8) is 0 Å². The lowest BCUT2D eigenvalue weighted by Gasteiger charge is -1.97. The maximum absolute atomic E-state index is 5.06. The maximum Gasteiger partial charge on any atom is 0.184 e. The van der Waals surface area contributed by atoms with Crippen LogP contribution in [-0.2, 0) is 0 Å². The van der Waals surface area contributed by atoms with Gasteiger partial charge in [0.05, 0.1) is 5.69 Å². The Balaban J connectivity index is 2.59. The van der Waals surface area contributed by atoms with E-state index in [2.05, 4.69) is 10.6 Å². The van der Waals surface area contributed by atoms with Gasteiger partial charge in [0.15, 0.2) is 9.46 Å². The van der Waals surface area contributed by atoms with Gasteiger partial charge in [0.1, 0.15) is 0 Å². The molecule has 0 saturated heterocycles. The second-order valence-electron chi connectivity index (χ2n) is 2.21. The molecule has 1 aromatic heterocycles. The molecule has 0 aliphatic heterocycles. The molecule has 2 aromatic rings. The minimum atomic E-state index is 0.723. The fourth-order valence-corrected chi connectivity index (χ4v) is 1.61. The van der Waals surface area contributed by atoms with Crippen LogP contribution in [0.1, 0.15) is 0 Å². The molecule has 0 unspecified atom stereocenters. The number of aromatic nitrogens is 2. The molecule has 0 aliphatic rings. The van der Waals surface area contributed by atoms with E-state index in [-0.39, 0.29) is 0 Å². The Hall–Kier alpha value is -1.00. The van der Waals surface area contributed by atoms with Gasteiger partial charge in [-0.25, -0.2) is 4.68 Å². The first-order valence-corrected chi connectivity index (χ1v) is 4.62. The van der Waals surface area contributed by atoms with E-state index in [0.717, 1.165) is 9.64 Å². The van der Waals surface area contributed by atoms with E-state index in [1.54, 1.807) is 4.68 Å². The number of para-hydroxylation sites is 1. The van der Waals surface area contributed by atoms with Gasteiger partial charge in [-0.3, -0.25) is 0 Å². The van der Waals surface area contributed by atoms with Gasteiger partial charge < -0.3 is 0 Å². The average molecular weight is 193 g/mol. The highest BCUT2D eigenvalue weighted by Gasteiger charge is 1.96. The van der Waals surface area contributed by atoms with E-state index in [9.17, 15) is 0 Å². The van der Waals surface area contributed by atoms with Crippen molar-refractivity contribution in [2.24, 2.45) is 0 Å². The highest BCUT2D eigenvalue weighted by atomic mass is 32.1. The molecule has 0 bridgehead atoms. The predicted molar refractivity (Wildman–Crippen MR) is 51.1 cm³/mol. The third-order valence-electron chi connectivity index (χ3n) is 1.45. The second-order valence-corrected chi connectivity index (χ2v) is 3.63. The van der Waals surface area contributed by atoms with E-state index < -0.39 is 0 Å². The normalized spacial score (nSPS) is 10.0. The molecule has 1 aromatic carbocycles. The summed E-state index contributed by atoms with van der Waals surface area (Å²) in [4.78, 5) is 0. The summed E-state index contributed by atoms with van der Waals surface area (Å²) in [5.41, 5.74) is 3.73. The SMILES string of the molecule is S=c1s[c]nn1-c1ccccc1. The Kier molecular flexibility index (Phi) is 2.01. The van der Waals surface area contributed by atoms with Crippen molar-refractivity contribution in [3.8, 4) is 5.69 Å². The van der Waals surface area contributed by atoms with Crippen molar-refractivity contribution in [2.45, 2.75) is 0 Å². The number of hydrogen-bond donors (Lipinski definition) is 0. The van der Waals surface area contributed by atoms with E-state index >= 15 is 0 Å². The number of nitrogens with zero attached hydrogens (tertiary/aromatic N) is 2. The van der Waals surface area contributed by atoms with Gasteiger partial charge in [-0.1, -0.05) is 29.5 Å². The van der Waals surface area contributed by atoms with Crippen LogP contribution in [0.5, 0.6) is 0 Å². The summed E-state index contributed by atoms with van der Waals surface area (Å²) < 4.78 is 2.42. The Bertz CT molecular complexity index is 416. The Morgan fingerprint density at radius 3 is 2.67 bits per heavy atom. The summed E-state index contributed by atoms with van der Waals surface area (Å²) >= 11 is 6.40. The van der Waals surface area contributed by atoms with Crippen molar-refractivity contribution < 1.29 is 0 Å². The summed E-state index contributed by atoms with van der Waals surface area (Å²) in [7, 11) is 0. The van der Waals surface area contributed by atoms with Crippen molar-refractivity contribution in [2.75, 3.05) is 0 Å². The van der Waals surface area contributed by atoms with Gasteiger partial charge in [-0.15, -0.1) is 0 Å². The van der Waals surface area contributed by atoms with Gasteiger partial charge >= 0.3 is 0 Å². The largest absolute Gasteiger partial charge is 0.211 e. The average Bonchev–Trinajstić information content (AvgIpc) is 2.53. The lowest BCUT2D eigenvalue weighted by Crippen LogP contribution is -1.94. The lowest BCUT2D eigenvalue weighted by atomic mass is 10.3. The van der Waals surface area contributed by atoms with Crippen LogP contribution >= 0.6 is 23.6 Å². The zero-order valence-corrected chi connectivity index (χ0v) is 7.73. The van der Waals surface area contributed by atoms with Crippen LogP contribution in [-0.4, -0.2) is 9.78 Å². The molecule has 1 radical (unpaired) electrons. The zero-order valence-electron chi connectivity index (χ0n) is 6.10. The summed E-state index contributed by atoms with van der Waals surface area (Å²) in [6.07, 6.45) is 0. The van der Waals surface area contributed by atoms with Crippen LogP contribution in [0.15, 0.2) is 30.3 Å². The molecular formula is C8H5N2S2. The molecule has 2 nitrogen and oxygen atoms in total. The fraction of sp³-hybridized carbons (Fsp3) is 0. The summed E-state index contributed by atoms with van der Waals surface area (Å²) in [6.45, 7) is 0. The van der Waals surface area contributed by atoms with E-state index in [0.29, 0.717) is 0 Å². The van der Waals surface area contributed by atoms with E-state index in [1.807, 2.05) is 30.3 Å². The van der Waals surface area contributed by atoms with Crippen molar-refractivity contribution in [3.05, 3.63) is 39.8 Å². The molecule has 0 amide bonds. The van der Waals surface area contributed by atoms with Crippen LogP contribution < -0.4 is 0 Å². The minimum Gasteiger partial charge on any atom is -0.211 e. The molecule has 12 heavy (non-hydrogen) atoms.